The fourth-order valence-electron chi connectivity index (χ4n) is 2.43. The molecule has 0 spiro atoms. The van der Waals surface area contributed by atoms with Crippen LogP contribution in [0, 0.1) is 0 Å². The van der Waals surface area contributed by atoms with Crippen LogP contribution in [0.2, 0.25) is 0 Å². The Morgan fingerprint density at radius 2 is 2.10 bits per heavy atom. The Hall–Kier alpha value is -1.79. The summed E-state index contributed by atoms with van der Waals surface area (Å²) in [4.78, 5) is 9.14. The van der Waals surface area contributed by atoms with Crippen LogP contribution in [0.15, 0.2) is 35.8 Å². The van der Waals surface area contributed by atoms with Crippen LogP contribution in [0.4, 0.5) is 10.8 Å². The number of benzene rings is 1. The Labute approximate surface area is 129 Å². The normalized spacial score (nSPS) is 16.1. The van der Waals surface area contributed by atoms with Crippen LogP contribution in [0.25, 0.3) is 0 Å². The van der Waals surface area contributed by atoms with Gasteiger partial charge in [0.1, 0.15) is 12.4 Å². The number of anilines is 2. The largest absolute Gasteiger partial charge is 0.492 e. The van der Waals surface area contributed by atoms with Crippen LogP contribution >= 0.6 is 11.3 Å². The van der Waals surface area contributed by atoms with Gasteiger partial charge >= 0.3 is 0 Å². The molecule has 1 aromatic carbocycles. The Morgan fingerprint density at radius 1 is 1.24 bits per heavy atom. The van der Waals surface area contributed by atoms with Gasteiger partial charge in [-0.15, -0.1) is 11.3 Å². The molecule has 21 heavy (non-hydrogen) atoms. The highest BCUT2D eigenvalue weighted by Gasteiger charge is 2.18. The zero-order chi connectivity index (χ0) is 14.5. The SMILES string of the molecule is Nc1cccc(OCCN2CCN(c3nccs3)CC2)c1. The molecule has 2 heterocycles. The highest BCUT2D eigenvalue weighted by atomic mass is 32.1. The molecule has 6 heteroatoms. The van der Waals surface area contributed by atoms with Crippen molar-refractivity contribution in [1.29, 1.82) is 0 Å². The number of piperazine rings is 1. The van der Waals surface area contributed by atoms with Crippen LogP contribution in [-0.4, -0.2) is 49.2 Å². The third-order valence-electron chi connectivity index (χ3n) is 3.60. The van der Waals surface area contributed by atoms with Gasteiger partial charge in [-0.3, -0.25) is 4.90 Å². The van der Waals surface area contributed by atoms with Crippen LogP contribution in [0.1, 0.15) is 0 Å². The van der Waals surface area contributed by atoms with Crippen LogP contribution in [0.3, 0.4) is 0 Å². The summed E-state index contributed by atoms with van der Waals surface area (Å²) in [6.07, 6.45) is 1.87. The van der Waals surface area contributed by atoms with Gasteiger partial charge < -0.3 is 15.4 Å². The summed E-state index contributed by atoms with van der Waals surface area (Å²) in [6, 6.07) is 7.58. The van der Waals surface area contributed by atoms with Gasteiger partial charge in [0.15, 0.2) is 5.13 Å². The minimum absolute atomic E-state index is 0.695. The predicted molar refractivity (Wildman–Crippen MR) is 87.1 cm³/mol. The molecule has 1 saturated heterocycles. The number of rotatable bonds is 5. The van der Waals surface area contributed by atoms with E-state index in [9.17, 15) is 0 Å². The number of nitrogen functional groups attached to an aromatic ring is 1. The van der Waals surface area contributed by atoms with E-state index in [-0.39, 0.29) is 0 Å². The number of thiazole rings is 1. The van der Waals surface area contributed by atoms with Gasteiger partial charge in [0.2, 0.25) is 0 Å². The van der Waals surface area contributed by atoms with Gasteiger partial charge in [-0.2, -0.15) is 0 Å². The van der Waals surface area contributed by atoms with E-state index in [0.717, 1.165) is 49.3 Å². The third kappa shape index (κ3) is 3.86. The number of nitrogens with two attached hydrogens (primary N) is 1. The molecular weight excluding hydrogens is 284 g/mol. The second-order valence-electron chi connectivity index (χ2n) is 5.06. The number of hydrogen-bond acceptors (Lipinski definition) is 6. The first-order valence-electron chi connectivity index (χ1n) is 7.16. The van der Waals surface area contributed by atoms with Crippen molar-refractivity contribution >= 4 is 22.2 Å². The van der Waals surface area contributed by atoms with Gasteiger partial charge in [0.25, 0.3) is 0 Å². The molecule has 0 aliphatic carbocycles. The third-order valence-corrected chi connectivity index (χ3v) is 4.43. The molecule has 112 valence electrons. The average molecular weight is 304 g/mol. The lowest BCUT2D eigenvalue weighted by Gasteiger charge is -2.34. The van der Waals surface area contributed by atoms with E-state index in [0.29, 0.717) is 6.61 Å². The van der Waals surface area contributed by atoms with Crippen molar-refractivity contribution < 1.29 is 4.74 Å². The summed E-state index contributed by atoms with van der Waals surface area (Å²) in [5.74, 6) is 0.844. The first kappa shape index (κ1) is 14.2. The van der Waals surface area contributed by atoms with Crippen molar-refractivity contribution in [3.63, 3.8) is 0 Å². The molecule has 3 rings (SSSR count). The van der Waals surface area contributed by atoms with E-state index in [1.165, 1.54) is 0 Å². The maximum Gasteiger partial charge on any atom is 0.185 e. The van der Waals surface area contributed by atoms with Crippen molar-refractivity contribution in [2.75, 3.05) is 50.0 Å². The molecule has 0 amide bonds. The van der Waals surface area contributed by atoms with Gasteiger partial charge in [0, 0.05) is 56.1 Å². The molecule has 2 N–H and O–H groups in total. The Balaban J connectivity index is 1.40. The molecule has 1 aliphatic rings. The molecule has 1 aromatic heterocycles. The predicted octanol–water partition coefficient (Wildman–Crippen LogP) is 1.93. The second kappa shape index (κ2) is 6.78. The second-order valence-corrected chi connectivity index (χ2v) is 5.94. The lowest BCUT2D eigenvalue weighted by Crippen LogP contribution is -2.47. The van der Waals surface area contributed by atoms with E-state index in [1.807, 2.05) is 35.8 Å². The van der Waals surface area contributed by atoms with E-state index >= 15 is 0 Å². The highest BCUT2D eigenvalue weighted by Crippen LogP contribution is 2.19. The first-order chi connectivity index (χ1) is 10.3. The van der Waals surface area contributed by atoms with Gasteiger partial charge in [-0.25, -0.2) is 4.98 Å². The number of aromatic nitrogens is 1. The zero-order valence-electron chi connectivity index (χ0n) is 11.9. The summed E-state index contributed by atoms with van der Waals surface area (Å²) in [5.41, 5.74) is 6.47. The van der Waals surface area contributed by atoms with Crippen LogP contribution in [0.5, 0.6) is 5.75 Å². The molecule has 1 fully saturated rings. The number of ether oxygens (including phenoxy) is 1. The minimum Gasteiger partial charge on any atom is -0.492 e. The molecule has 0 atom stereocenters. The summed E-state index contributed by atoms with van der Waals surface area (Å²) in [7, 11) is 0. The molecule has 0 bridgehead atoms. The Morgan fingerprint density at radius 3 is 2.81 bits per heavy atom. The maximum atomic E-state index is 5.74. The highest BCUT2D eigenvalue weighted by molar-refractivity contribution is 7.13. The summed E-state index contributed by atoms with van der Waals surface area (Å²) in [5, 5.41) is 3.16. The molecular formula is C15H20N4OS. The quantitative estimate of drug-likeness (QED) is 0.855. The molecule has 0 saturated carbocycles. The zero-order valence-corrected chi connectivity index (χ0v) is 12.8. The van der Waals surface area contributed by atoms with Crippen molar-refractivity contribution in [1.82, 2.24) is 9.88 Å². The van der Waals surface area contributed by atoms with E-state index in [4.69, 9.17) is 10.5 Å². The summed E-state index contributed by atoms with van der Waals surface area (Å²) in [6.45, 7) is 5.82. The van der Waals surface area contributed by atoms with Crippen molar-refractivity contribution in [3.05, 3.63) is 35.8 Å². The topological polar surface area (TPSA) is 54.6 Å². The molecule has 0 unspecified atom stereocenters. The van der Waals surface area contributed by atoms with Gasteiger partial charge in [-0.1, -0.05) is 6.07 Å². The smallest absolute Gasteiger partial charge is 0.185 e. The van der Waals surface area contributed by atoms with Crippen molar-refractivity contribution in [2.24, 2.45) is 0 Å². The molecule has 5 nitrogen and oxygen atoms in total. The monoisotopic (exact) mass is 304 g/mol. The standard InChI is InChI=1S/C15H20N4OS/c16-13-2-1-3-14(12-13)20-10-9-18-5-7-19(8-6-18)15-17-4-11-21-15/h1-4,11-12H,5-10,16H2. The van der Waals surface area contributed by atoms with Crippen LogP contribution in [-0.2, 0) is 0 Å². The lowest BCUT2D eigenvalue weighted by atomic mass is 10.3. The van der Waals surface area contributed by atoms with Crippen LogP contribution < -0.4 is 15.4 Å². The van der Waals surface area contributed by atoms with Gasteiger partial charge in [0.05, 0.1) is 0 Å². The molecule has 0 radical (unpaired) electrons. The number of nitrogens with zero attached hydrogens (tertiary/aromatic N) is 3. The van der Waals surface area contributed by atoms with Crippen molar-refractivity contribution in [3.8, 4) is 5.75 Å². The molecule has 1 aliphatic heterocycles. The number of hydrogen-bond donors (Lipinski definition) is 1. The fourth-order valence-corrected chi connectivity index (χ4v) is 3.13. The minimum atomic E-state index is 0.695. The summed E-state index contributed by atoms with van der Waals surface area (Å²) >= 11 is 1.71. The van der Waals surface area contributed by atoms with E-state index < -0.39 is 0 Å². The first-order valence-corrected chi connectivity index (χ1v) is 8.04. The van der Waals surface area contributed by atoms with Gasteiger partial charge in [-0.05, 0) is 12.1 Å². The van der Waals surface area contributed by atoms with E-state index in [2.05, 4.69) is 14.8 Å². The van der Waals surface area contributed by atoms with E-state index in [1.54, 1.807) is 11.3 Å². The Kier molecular flexibility index (Phi) is 4.57. The lowest BCUT2D eigenvalue weighted by molar-refractivity contribution is 0.200. The Bertz CT molecular complexity index is 553. The average Bonchev–Trinajstić information content (AvgIpc) is 3.02. The molecule has 2 aromatic rings. The summed E-state index contributed by atoms with van der Waals surface area (Å²) < 4.78 is 5.74. The van der Waals surface area contributed by atoms with Crippen molar-refractivity contribution in [2.45, 2.75) is 0 Å². The fraction of sp³-hybridized carbons (Fsp3) is 0.400. The maximum absolute atomic E-state index is 5.74.